The van der Waals surface area contributed by atoms with Crippen molar-refractivity contribution in [2.75, 3.05) is 12.8 Å². The molecule has 1 aromatic carbocycles. The molecule has 4 heteroatoms. The van der Waals surface area contributed by atoms with Gasteiger partial charge in [0.05, 0.1) is 0 Å². The van der Waals surface area contributed by atoms with Crippen LogP contribution in [0.2, 0.25) is 0 Å². The monoisotopic (exact) mass is 299 g/mol. The lowest BCUT2D eigenvalue weighted by molar-refractivity contribution is 0.464. The Morgan fingerprint density at radius 2 is 2.10 bits per heavy atom. The van der Waals surface area contributed by atoms with Gasteiger partial charge in [0.2, 0.25) is 0 Å². The van der Waals surface area contributed by atoms with Crippen molar-refractivity contribution in [1.29, 1.82) is 0 Å². The maximum atomic E-state index is 4.81. The molecule has 0 aliphatic heterocycles. The van der Waals surface area contributed by atoms with Gasteiger partial charge >= 0.3 is 0 Å². The number of aromatic nitrogens is 2. The van der Waals surface area contributed by atoms with E-state index in [4.69, 9.17) is 4.98 Å². The van der Waals surface area contributed by atoms with Crippen LogP contribution in [-0.2, 0) is 6.42 Å². The fourth-order valence-electron chi connectivity index (χ4n) is 2.88. The lowest BCUT2D eigenvalue weighted by Gasteiger charge is -2.25. The van der Waals surface area contributed by atoms with Gasteiger partial charge < -0.3 is 5.32 Å². The van der Waals surface area contributed by atoms with Gasteiger partial charge in [-0.05, 0) is 44.2 Å². The lowest BCUT2D eigenvalue weighted by Crippen LogP contribution is -2.25. The number of fused-ring (bicyclic) bond motifs is 1. The molecule has 110 valence electrons. The third-order valence-corrected chi connectivity index (χ3v) is 4.72. The molecule has 0 spiro atoms. The number of nitrogens with zero attached hydrogens (tertiary/aromatic N) is 2. The molecule has 0 saturated carbocycles. The number of benzene rings is 1. The number of hydrogen-bond acceptors (Lipinski definition) is 4. The van der Waals surface area contributed by atoms with Crippen molar-refractivity contribution in [1.82, 2.24) is 15.3 Å². The molecule has 1 unspecified atom stereocenters. The highest BCUT2D eigenvalue weighted by molar-refractivity contribution is 7.98. The maximum Gasteiger partial charge on any atom is 0.159 e. The summed E-state index contributed by atoms with van der Waals surface area (Å²) in [5.74, 6) is 0.846. The van der Waals surface area contributed by atoms with Crippen LogP contribution in [0.5, 0.6) is 0 Å². The maximum absolute atomic E-state index is 4.81. The quantitative estimate of drug-likeness (QED) is 0.870. The van der Waals surface area contributed by atoms with Crippen LogP contribution >= 0.6 is 11.8 Å². The van der Waals surface area contributed by atoms with Crippen molar-refractivity contribution in [2.45, 2.75) is 37.1 Å². The van der Waals surface area contributed by atoms with Crippen molar-refractivity contribution in [3.8, 4) is 11.4 Å². The molecule has 21 heavy (non-hydrogen) atoms. The highest BCUT2D eigenvalue weighted by Crippen LogP contribution is 2.29. The third kappa shape index (κ3) is 3.11. The Morgan fingerprint density at radius 3 is 2.81 bits per heavy atom. The van der Waals surface area contributed by atoms with E-state index in [1.165, 1.54) is 29.0 Å². The molecule has 0 saturated heterocycles. The fraction of sp³-hybridized carbons (Fsp3) is 0.412. The molecule has 0 fully saturated rings. The number of nitrogens with one attached hydrogen (secondary N) is 1. The summed E-state index contributed by atoms with van der Waals surface area (Å²) in [5.41, 5.74) is 3.60. The minimum atomic E-state index is 0.423. The summed E-state index contributed by atoms with van der Waals surface area (Å²) in [6.07, 6.45) is 7.56. The summed E-state index contributed by atoms with van der Waals surface area (Å²) < 4.78 is 0. The summed E-state index contributed by atoms with van der Waals surface area (Å²) in [7, 11) is 0. The van der Waals surface area contributed by atoms with Crippen LogP contribution in [-0.4, -0.2) is 22.8 Å². The van der Waals surface area contributed by atoms with Crippen molar-refractivity contribution in [3.05, 3.63) is 41.7 Å². The van der Waals surface area contributed by atoms with Gasteiger partial charge in [-0.3, -0.25) is 0 Å². The molecule has 0 bridgehead atoms. The first-order chi connectivity index (χ1) is 10.3. The van der Waals surface area contributed by atoms with E-state index in [1.54, 1.807) is 11.8 Å². The molecule has 3 rings (SSSR count). The third-order valence-electron chi connectivity index (χ3n) is 3.98. The molecular weight excluding hydrogens is 278 g/mol. The Hall–Kier alpha value is -1.39. The van der Waals surface area contributed by atoms with Crippen LogP contribution in [0.3, 0.4) is 0 Å². The minimum absolute atomic E-state index is 0.423. The lowest BCUT2D eigenvalue weighted by atomic mass is 9.92. The predicted octanol–water partition coefficient (Wildman–Crippen LogP) is 3.85. The van der Waals surface area contributed by atoms with Crippen LogP contribution < -0.4 is 5.32 Å². The Kier molecular flexibility index (Phi) is 4.56. The Bertz CT molecular complexity index is 610. The summed E-state index contributed by atoms with van der Waals surface area (Å²) >= 11 is 1.75. The number of aryl methyl sites for hydroxylation is 1. The molecule has 1 atom stereocenters. The average molecular weight is 299 g/mol. The van der Waals surface area contributed by atoms with Gasteiger partial charge in [0.15, 0.2) is 5.82 Å². The van der Waals surface area contributed by atoms with Crippen molar-refractivity contribution in [2.24, 2.45) is 0 Å². The summed E-state index contributed by atoms with van der Waals surface area (Å²) in [6, 6.07) is 8.90. The van der Waals surface area contributed by atoms with Crippen LogP contribution in [0.1, 0.15) is 37.1 Å². The standard InChI is InChI=1S/C17H21N3S/c1-3-18-15-5-4-6-16-14(15)11-19-17(20-16)12-7-9-13(21-2)10-8-12/h7-11,15,18H,3-6H2,1-2H3. The smallest absolute Gasteiger partial charge is 0.159 e. The van der Waals surface area contributed by atoms with Crippen LogP contribution in [0.15, 0.2) is 35.4 Å². The second-order valence-corrected chi connectivity index (χ2v) is 6.21. The van der Waals surface area contributed by atoms with Crippen LogP contribution in [0, 0.1) is 0 Å². The van der Waals surface area contributed by atoms with Gasteiger partial charge in [0, 0.05) is 34.0 Å². The van der Waals surface area contributed by atoms with E-state index in [0.29, 0.717) is 6.04 Å². The number of hydrogen-bond donors (Lipinski definition) is 1. The van der Waals surface area contributed by atoms with Crippen molar-refractivity contribution >= 4 is 11.8 Å². The van der Waals surface area contributed by atoms with Gasteiger partial charge in [-0.25, -0.2) is 9.97 Å². The second-order valence-electron chi connectivity index (χ2n) is 5.33. The molecule has 1 aliphatic rings. The first-order valence-electron chi connectivity index (χ1n) is 7.55. The van der Waals surface area contributed by atoms with Crippen LogP contribution in [0.4, 0.5) is 0 Å². The van der Waals surface area contributed by atoms with E-state index in [2.05, 4.69) is 47.7 Å². The van der Waals surface area contributed by atoms with Crippen molar-refractivity contribution < 1.29 is 0 Å². The van der Waals surface area contributed by atoms with Gasteiger partial charge in [-0.15, -0.1) is 11.8 Å². The molecule has 0 radical (unpaired) electrons. The topological polar surface area (TPSA) is 37.8 Å². The zero-order chi connectivity index (χ0) is 14.7. The number of thioether (sulfide) groups is 1. The second kappa shape index (κ2) is 6.58. The first kappa shape index (κ1) is 14.5. The molecule has 1 aromatic heterocycles. The molecule has 3 nitrogen and oxygen atoms in total. The van der Waals surface area contributed by atoms with E-state index in [1.807, 2.05) is 6.20 Å². The molecule has 1 aliphatic carbocycles. The van der Waals surface area contributed by atoms with E-state index in [0.717, 1.165) is 24.4 Å². The van der Waals surface area contributed by atoms with Gasteiger partial charge in [-0.2, -0.15) is 0 Å². The summed E-state index contributed by atoms with van der Waals surface area (Å²) in [5, 5.41) is 3.53. The molecule has 2 aromatic rings. The van der Waals surface area contributed by atoms with E-state index in [-0.39, 0.29) is 0 Å². The van der Waals surface area contributed by atoms with Crippen LogP contribution in [0.25, 0.3) is 11.4 Å². The highest BCUT2D eigenvalue weighted by atomic mass is 32.2. The summed E-state index contributed by atoms with van der Waals surface area (Å²) in [6.45, 7) is 3.14. The Labute approximate surface area is 130 Å². The fourth-order valence-corrected chi connectivity index (χ4v) is 3.29. The molecule has 1 heterocycles. The van der Waals surface area contributed by atoms with Gasteiger partial charge in [-0.1, -0.05) is 19.1 Å². The molecular formula is C17H21N3S. The summed E-state index contributed by atoms with van der Waals surface area (Å²) in [4.78, 5) is 10.7. The van der Waals surface area contributed by atoms with E-state index >= 15 is 0 Å². The largest absolute Gasteiger partial charge is 0.310 e. The zero-order valence-corrected chi connectivity index (χ0v) is 13.4. The average Bonchev–Trinajstić information content (AvgIpc) is 2.55. The first-order valence-corrected chi connectivity index (χ1v) is 8.78. The number of rotatable bonds is 4. The van der Waals surface area contributed by atoms with Crippen molar-refractivity contribution in [3.63, 3.8) is 0 Å². The predicted molar refractivity (Wildman–Crippen MR) is 88.6 cm³/mol. The Morgan fingerprint density at radius 1 is 1.29 bits per heavy atom. The normalized spacial score (nSPS) is 17.5. The van der Waals surface area contributed by atoms with E-state index < -0.39 is 0 Å². The van der Waals surface area contributed by atoms with Gasteiger partial charge in [0.1, 0.15) is 0 Å². The highest BCUT2D eigenvalue weighted by Gasteiger charge is 2.21. The van der Waals surface area contributed by atoms with E-state index in [9.17, 15) is 0 Å². The van der Waals surface area contributed by atoms with Gasteiger partial charge in [0.25, 0.3) is 0 Å². The SMILES string of the molecule is CCNC1CCCc2nc(-c3ccc(SC)cc3)ncc21. The zero-order valence-electron chi connectivity index (χ0n) is 12.6. The Balaban J connectivity index is 1.91. The minimum Gasteiger partial charge on any atom is -0.310 e. The molecule has 1 N–H and O–H groups in total. The molecule has 0 amide bonds.